The number of hydrogen-bond donors (Lipinski definition) is 3. The molecule has 8 heteroatoms. The van der Waals surface area contributed by atoms with Crippen molar-refractivity contribution in [1.82, 2.24) is 9.97 Å². The molecule has 0 aromatic carbocycles. The Hall–Kier alpha value is -1.89. The highest BCUT2D eigenvalue weighted by atomic mass is 35.5. The second-order valence-corrected chi connectivity index (χ2v) is 3.25. The topological polar surface area (TPSA) is 112 Å². The van der Waals surface area contributed by atoms with Crippen molar-refractivity contribution in [2.24, 2.45) is 0 Å². The van der Waals surface area contributed by atoms with Gasteiger partial charge in [-0.3, -0.25) is 9.78 Å². The molecule has 0 aliphatic rings. The fourth-order valence-electron chi connectivity index (χ4n) is 0.965. The summed E-state index contributed by atoms with van der Waals surface area (Å²) in [7, 11) is 0. The van der Waals surface area contributed by atoms with Crippen molar-refractivity contribution >= 4 is 29.4 Å². The summed E-state index contributed by atoms with van der Waals surface area (Å²) in [5.41, 5.74) is 0. The van der Waals surface area contributed by atoms with E-state index in [2.05, 4.69) is 15.3 Å². The van der Waals surface area contributed by atoms with Crippen LogP contribution in [-0.4, -0.2) is 38.2 Å². The van der Waals surface area contributed by atoms with Crippen LogP contribution in [0.5, 0.6) is 0 Å². The average molecular weight is 246 g/mol. The van der Waals surface area contributed by atoms with Crippen LogP contribution in [0.15, 0.2) is 12.4 Å². The van der Waals surface area contributed by atoms with E-state index in [9.17, 15) is 9.59 Å². The van der Waals surface area contributed by atoms with Gasteiger partial charge in [0.25, 0.3) is 0 Å². The normalized spacial score (nSPS) is 11.8. The predicted octanol–water partition coefficient (Wildman–Crippen LogP) is 0.470. The molecule has 0 spiro atoms. The summed E-state index contributed by atoms with van der Waals surface area (Å²) in [4.78, 5) is 28.5. The standard InChI is InChI=1S/C8H8ClN3O4/c9-5-2-10-3-6(12-5)11-4(8(15)16)1-7(13)14/h2-4H,1H2,(H,11,12)(H,13,14)(H,15,16). The summed E-state index contributed by atoms with van der Waals surface area (Å²) in [5, 5.41) is 19.7. The van der Waals surface area contributed by atoms with Crippen molar-refractivity contribution in [1.29, 1.82) is 0 Å². The first-order valence-corrected chi connectivity index (χ1v) is 4.55. The van der Waals surface area contributed by atoms with E-state index in [1.54, 1.807) is 0 Å². The number of anilines is 1. The Morgan fingerprint density at radius 1 is 1.44 bits per heavy atom. The quantitative estimate of drug-likeness (QED) is 0.691. The lowest BCUT2D eigenvalue weighted by Gasteiger charge is -2.12. The van der Waals surface area contributed by atoms with Crippen LogP contribution in [0.1, 0.15) is 6.42 Å². The van der Waals surface area contributed by atoms with E-state index in [0.717, 1.165) is 0 Å². The molecular weight excluding hydrogens is 238 g/mol. The SMILES string of the molecule is O=C(O)CC(Nc1cncc(Cl)n1)C(=O)O. The minimum absolute atomic E-state index is 0.0875. The van der Waals surface area contributed by atoms with Crippen molar-refractivity contribution in [3.05, 3.63) is 17.5 Å². The molecule has 0 fully saturated rings. The molecular formula is C8H8ClN3O4. The molecule has 1 atom stereocenters. The molecule has 3 N–H and O–H groups in total. The Labute approximate surface area is 95.1 Å². The highest BCUT2D eigenvalue weighted by Gasteiger charge is 2.21. The van der Waals surface area contributed by atoms with Crippen LogP contribution >= 0.6 is 11.6 Å². The van der Waals surface area contributed by atoms with Crippen LogP contribution in [0, 0.1) is 0 Å². The molecule has 0 saturated carbocycles. The number of hydrogen-bond acceptors (Lipinski definition) is 5. The fourth-order valence-corrected chi connectivity index (χ4v) is 1.11. The van der Waals surface area contributed by atoms with Crippen molar-refractivity contribution in [2.75, 3.05) is 5.32 Å². The number of carboxylic acids is 2. The lowest BCUT2D eigenvalue weighted by Crippen LogP contribution is -2.32. The van der Waals surface area contributed by atoms with E-state index in [1.165, 1.54) is 12.4 Å². The van der Waals surface area contributed by atoms with Gasteiger partial charge < -0.3 is 15.5 Å². The van der Waals surface area contributed by atoms with E-state index in [4.69, 9.17) is 21.8 Å². The van der Waals surface area contributed by atoms with Crippen LogP contribution in [0.2, 0.25) is 5.15 Å². The molecule has 1 rings (SSSR count). The minimum Gasteiger partial charge on any atom is -0.481 e. The van der Waals surface area contributed by atoms with Gasteiger partial charge in [0.1, 0.15) is 17.0 Å². The van der Waals surface area contributed by atoms with Crippen molar-refractivity contribution in [3.8, 4) is 0 Å². The Bertz CT molecular complexity index is 412. The first-order valence-electron chi connectivity index (χ1n) is 4.17. The molecule has 16 heavy (non-hydrogen) atoms. The van der Waals surface area contributed by atoms with E-state index in [0.29, 0.717) is 0 Å². The summed E-state index contributed by atoms with van der Waals surface area (Å²) >= 11 is 5.54. The van der Waals surface area contributed by atoms with E-state index in [-0.39, 0.29) is 11.0 Å². The summed E-state index contributed by atoms with van der Waals surface area (Å²) < 4.78 is 0. The number of nitrogens with one attached hydrogen (secondary N) is 1. The second kappa shape index (κ2) is 5.26. The van der Waals surface area contributed by atoms with Gasteiger partial charge >= 0.3 is 11.9 Å². The maximum absolute atomic E-state index is 10.7. The lowest BCUT2D eigenvalue weighted by molar-refractivity contribution is -0.144. The number of halogens is 1. The zero-order valence-electron chi connectivity index (χ0n) is 7.92. The van der Waals surface area contributed by atoms with Gasteiger partial charge in [0.2, 0.25) is 0 Å². The maximum Gasteiger partial charge on any atom is 0.326 e. The van der Waals surface area contributed by atoms with Gasteiger partial charge in [-0.05, 0) is 0 Å². The Morgan fingerprint density at radius 3 is 2.62 bits per heavy atom. The van der Waals surface area contributed by atoms with Gasteiger partial charge in [-0.25, -0.2) is 9.78 Å². The van der Waals surface area contributed by atoms with Crippen LogP contribution in [0.3, 0.4) is 0 Å². The monoisotopic (exact) mass is 245 g/mol. The number of aliphatic carboxylic acids is 2. The third-order valence-electron chi connectivity index (χ3n) is 1.60. The predicted molar refractivity (Wildman–Crippen MR) is 54.3 cm³/mol. The summed E-state index contributed by atoms with van der Waals surface area (Å²) in [6.45, 7) is 0. The smallest absolute Gasteiger partial charge is 0.326 e. The van der Waals surface area contributed by atoms with Gasteiger partial charge in [0, 0.05) is 0 Å². The molecule has 0 bridgehead atoms. The summed E-state index contributed by atoms with van der Waals surface area (Å²) in [5.74, 6) is -2.40. The van der Waals surface area contributed by atoms with Gasteiger partial charge in [-0.1, -0.05) is 11.6 Å². The van der Waals surface area contributed by atoms with Gasteiger partial charge in [0.15, 0.2) is 0 Å². The van der Waals surface area contributed by atoms with Crippen LogP contribution in [0.4, 0.5) is 5.82 Å². The Morgan fingerprint density at radius 2 is 2.12 bits per heavy atom. The van der Waals surface area contributed by atoms with E-state index < -0.39 is 24.4 Å². The maximum atomic E-state index is 10.7. The van der Waals surface area contributed by atoms with E-state index >= 15 is 0 Å². The first kappa shape index (κ1) is 12.2. The van der Waals surface area contributed by atoms with Crippen molar-refractivity contribution in [2.45, 2.75) is 12.5 Å². The molecule has 1 aromatic heterocycles. The van der Waals surface area contributed by atoms with Crippen molar-refractivity contribution < 1.29 is 19.8 Å². The average Bonchev–Trinajstić information content (AvgIpc) is 2.15. The van der Waals surface area contributed by atoms with Crippen LogP contribution in [-0.2, 0) is 9.59 Å². The number of aromatic nitrogens is 2. The van der Waals surface area contributed by atoms with E-state index in [1.807, 2.05) is 0 Å². The molecule has 1 heterocycles. The van der Waals surface area contributed by atoms with Crippen LogP contribution < -0.4 is 5.32 Å². The molecule has 86 valence electrons. The third-order valence-corrected chi connectivity index (χ3v) is 1.79. The largest absolute Gasteiger partial charge is 0.481 e. The van der Waals surface area contributed by atoms with Gasteiger partial charge in [-0.2, -0.15) is 0 Å². The molecule has 0 amide bonds. The number of rotatable bonds is 5. The first-order chi connectivity index (χ1) is 7.49. The Kier molecular flexibility index (Phi) is 4.01. The molecule has 0 aliphatic carbocycles. The third kappa shape index (κ3) is 3.70. The summed E-state index contributed by atoms with van der Waals surface area (Å²) in [6.07, 6.45) is 1.97. The van der Waals surface area contributed by atoms with Gasteiger partial charge in [-0.15, -0.1) is 0 Å². The molecule has 1 aromatic rings. The molecule has 1 unspecified atom stereocenters. The number of nitrogens with zero attached hydrogens (tertiary/aromatic N) is 2. The number of carboxylic acid groups (broad SMARTS) is 2. The molecule has 7 nitrogen and oxygen atoms in total. The summed E-state index contributed by atoms with van der Waals surface area (Å²) in [6, 6.07) is -1.27. The second-order valence-electron chi connectivity index (χ2n) is 2.86. The Balaban J connectivity index is 2.75. The highest BCUT2D eigenvalue weighted by Crippen LogP contribution is 2.09. The molecule has 0 aliphatic heterocycles. The number of carbonyl (C=O) groups is 2. The highest BCUT2D eigenvalue weighted by molar-refractivity contribution is 6.29. The molecule has 0 saturated heterocycles. The lowest BCUT2D eigenvalue weighted by atomic mass is 10.2. The van der Waals surface area contributed by atoms with Crippen molar-refractivity contribution in [3.63, 3.8) is 0 Å². The fraction of sp³-hybridized carbons (Fsp3) is 0.250. The minimum atomic E-state index is -1.29. The van der Waals surface area contributed by atoms with Crippen LogP contribution in [0.25, 0.3) is 0 Å². The zero-order valence-corrected chi connectivity index (χ0v) is 8.68. The zero-order chi connectivity index (χ0) is 12.1. The molecule has 0 radical (unpaired) electrons. The van der Waals surface area contributed by atoms with Gasteiger partial charge in [0.05, 0.1) is 18.8 Å².